The lowest BCUT2D eigenvalue weighted by molar-refractivity contribution is -0.125. The lowest BCUT2D eigenvalue weighted by atomic mass is 9.90. The first-order valence-electron chi connectivity index (χ1n) is 8.86. The predicted octanol–water partition coefficient (Wildman–Crippen LogP) is 4.98. The van der Waals surface area contributed by atoms with Gasteiger partial charge >= 0.3 is 0 Å². The smallest absolute Gasteiger partial charge is 0.250 e. The van der Waals surface area contributed by atoms with Crippen molar-refractivity contribution in [2.75, 3.05) is 5.01 Å². The molecular weight excluding hydrogens is 284 g/mol. The van der Waals surface area contributed by atoms with Gasteiger partial charge in [0.2, 0.25) is 5.91 Å². The van der Waals surface area contributed by atoms with E-state index in [1.54, 1.807) is 5.01 Å². The van der Waals surface area contributed by atoms with E-state index in [4.69, 9.17) is 0 Å². The van der Waals surface area contributed by atoms with Crippen LogP contribution in [0.3, 0.4) is 0 Å². The highest BCUT2D eigenvalue weighted by atomic mass is 16.2. The predicted molar refractivity (Wildman–Crippen MR) is 97.1 cm³/mol. The third-order valence-corrected chi connectivity index (χ3v) is 4.79. The standard InChI is InChI=1S/C20H30N2O/c1-5-6-7-8-9-10-11-17-12-14-18(15-13-17)22-16(2)20(3,4)19(23)21-22/h12-15H,2,5-11H2,1,3-4H3,(H,21,23). The van der Waals surface area contributed by atoms with Crippen molar-refractivity contribution in [1.29, 1.82) is 0 Å². The van der Waals surface area contributed by atoms with Crippen LogP contribution in [0.5, 0.6) is 0 Å². The molecule has 1 heterocycles. The number of unbranched alkanes of at least 4 members (excludes halogenated alkanes) is 5. The molecule has 0 radical (unpaired) electrons. The largest absolute Gasteiger partial charge is 0.272 e. The summed E-state index contributed by atoms with van der Waals surface area (Å²) in [5.41, 5.74) is 5.48. The maximum atomic E-state index is 12.0. The van der Waals surface area contributed by atoms with Gasteiger partial charge in [0.15, 0.2) is 0 Å². The van der Waals surface area contributed by atoms with Crippen molar-refractivity contribution in [1.82, 2.24) is 5.43 Å². The lowest BCUT2D eigenvalue weighted by Gasteiger charge is -2.21. The van der Waals surface area contributed by atoms with E-state index in [1.165, 1.54) is 44.1 Å². The number of rotatable bonds is 8. The molecule has 0 aliphatic carbocycles. The number of hydrogen-bond acceptors (Lipinski definition) is 2. The van der Waals surface area contributed by atoms with E-state index < -0.39 is 5.41 Å². The van der Waals surface area contributed by atoms with Gasteiger partial charge in [0.05, 0.1) is 11.1 Å². The first-order valence-corrected chi connectivity index (χ1v) is 8.86. The maximum absolute atomic E-state index is 12.0. The summed E-state index contributed by atoms with van der Waals surface area (Å²) in [5, 5.41) is 1.80. The van der Waals surface area contributed by atoms with E-state index in [0.717, 1.165) is 17.8 Å². The minimum absolute atomic E-state index is 0.00124. The molecule has 1 fully saturated rings. The minimum Gasteiger partial charge on any atom is -0.272 e. The number of hydrogen-bond donors (Lipinski definition) is 1. The van der Waals surface area contributed by atoms with Gasteiger partial charge in [0, 0.05) is 5.70 Å². The van der Waals surface area contributed by atoms with E-state index in [0.29, 0.717) is 0 Å². The fourth-order valence-corrected chi connectivity index (χ4v) is 2.86. The van der Waals surface area contributed by atoms with Gasteiger partial charge in [0.1, 0.15) is 0 Å². The molecule has 3 heteroatoms. The molecular formula is C20H30N2O. The molecule has 0 aromatic heterocycles. The molecule has 1 saturated heterocycles. The molecule has 23 heavy (non-hydrogen) atoms. The third kappa shape index (κ3) is 4.15. The Morgan fingerprint density at radius 2 is 1.65 bits per heavy atom. The van der Waals surface area contributed by atoms with E-state index >= 15 is 0 Å². The van der Waals surface area contributed by atoms with Crippen molar-refractivity contribution >= 4 is 11.6 Å². The molecule has 1 aliphatic heterocycles. The highest BCUT2D eigenvalue weighted by Gasteiger charge is 2.42. The van der Waals surface area contributed by atoms with Gasteiger partial charge in [-0.2, -0.15) is 0 Å². The molecule has 126 valence electrons. The number of hydrazine groups is 1. The number of nitrogens with zero attached hydrogens (tertiary/aromatic N) is 1. The third-order valence-electron chi connectivity index (χ3n) is 4.79. The number of aryl methyl sites for hydroxylation is 1. The van der Waals surface area contributed by atoms with Crippen molar-refractivity contribution in [2.24, 2.45) is 5.41 Å². The normalized spacial score (nSPS) is 16.7. The average molecular weight is 314 g/mol. The summed E-state index contributed by atoms with van der Waals surface area (Å²) in [6.45, 7) is 10.1. The van der Waals surface area contributed by atoms with Gasteiger partial charge in [-0.25, -0.2) is 0 Å². The van der Waals surface area contributed by atoms with Gasteiger partial charge in [-0.15, -0.1) is 0 Å². The summed E-state index contributed by atoms with van der Waals surface area (Å²) in [7, 11) is 0. The molecule has 1 aromatic carbocycles. The van der Waals surface area contributed by atoms with Crippen LogP contribution < -0.4 is 10.4 Å². The van der Waals surface area contributed by atoms with E-state index in [9.17, 15) is 4.79 Å². The molecule has 0 atom stereocenters. The van der Waals surface area contributed by atoms with Gasteiger partial charge in [-0.3, -0.25) is 15.2 Å². The zero-order valence-corrected chi connectivity index (χ0v) is 14.8. The second kappa shape index (κ2) is 7.67. The van der Waals surface area contributed by atoms with Crippen LogP contribution in [0.25, 0.3) is 0 Å². The van der Waals surface area contributed by atoms with Crippen LogP contribution in [-0.2, 0) is 11.2 Å². The molecule has 0 saturated carbocycles. The van der Waals surface area contributed by atoms with Gasteiger partial charge in [-0.05, 0) is 44.4 Å². The zero-order chi connectivity index (χ0) is 16.9. The second-order valence-electron chi connectivity index (χ2n) is 7.03. The monoisotopic (exact) mass is 314 g/mol. The van der Waals surface area contributed by atoms with Crippen molar-refractivity contribution in [3.05, 3.63) is 42.1 Å². The second-order valence-corrected chi connectivity index (χ2v) is 7.03. The average Bonchev–Trinajstić information content (AvgIpc) is 2.74. The minimum atomic E-state index is -0.544. The van der Waals surface area contributed by atoms with Crippen molar-refractivity contribution < 1.29 is 4.79 Å². The van der Waals surface area contributed by atoms with Crippen LogP contribution in [0.1, 0.15) is 64.9 Å². The molecule has 1 aromatic rings. The quantitative estimate of drug-likeness (QED) is 0.686. The zero-order valence-electron chi connectivity index (χ0n) is 14.8. The Labute approximate surface area is 140 Å². The van der Waals surface area contributed by atoms with Crippen LogP contribution in [-0.4, -0.2) is 5.91 Å². The van der Waals surface area contributed by atoms with Crippen LogP contribution in [0, 0.1) is 5.41 Å². The topological polar surface area (TPSA) is 32.3 Å². The lowest BCUT2D eigenvalue weighted by Crippen LogP contribution is -2.32. The summed E-state index contributed by atoms with van der Waals surface area (Å²) in [6.07, 6.45) is 9.07. The molecule has 2 rings (SSSR count). The fraction of sp³-hybridized carbons (Fsp3) is 0.550. The van der Waals surface area contributed by atoms with Crippen LogP contribution in [0.15, 0.2) is 36.5 Å². The summed E-state index contributed by atoms with van der Waals surface area (Å²) >= 11 is 0. The Balaban J connectivity index is 1.86. The summed E-state index contributed by atoms with van der Waals surface area (Å²) in [4.78, 5) is 12.0. The van der Waals surface area contributed by atoms with Crippen LogP contribution in [0.2, 0.25) is 0 Å². The Morgan fingerprint density at radius 3 is 2.22 bits per heavy atom. The first kappa shape index (κ1) is 17.6. The maximum Gasteiger partial charge on any atom is 0.250 e. The molecule has 1 amide bonds. The SMILES string of the molecule is C=C1N(c2ccc(CCCCCCCC)cc2)NC(=O)C1(C)C. The molecule has 0 spiro atoms. The highest BCUT2D eigenvalue weighted by Crippen LogP contribution is 2.35. The number of nitrogens with one attached hydrogen (secondary N) is 1. The van der Waals surface area contributed by atoms with Crippen molar-refractivity contribution in [2.45, 2.75) is 65.7 Å². The molecule has 3 nitrogen and oxygen atoms in total. The van der Waals surface area contributed by atoms with Gasteiger partial charge in [-0.1, -0.05) is 57.7 Å². The first-order chi connectivity index (χ1) is 11.0. The summed E-state index contributed by atoms with van der Waals surface area (Å²) < 4.78 is 0. The van der Waals surface area contributed by atoms with Gasteiger partial charge < -0.3 is 0 Å². The van der Waals surface area contributed by atoms with Gasteiger partial charge in [0.25, 0.3) is 0 Å². The van der Waals surface area contributed by atoms with E-state index in [2.05, 4.69) is 43.2 Å². The molecule has 1 aliphatic rings. The van der Waals surface area contributed by atoms with E-state index in [1.807, 2.05) is 13.8 Å². The Bertz CT molecular complexity index is 545. The summed E-state index contributed by atoms with van der Waals surface area (Å²) in [6, 6.07) is 8.46. The van der Waals surface area contributed by atoms with Crippen molar-refractivity contribution in [3.8, 4) is 0 Å². The van der Waals surface area contributed by atoms with Crippen molar-refractivity contribution in [3.63, 3.8) is 0 Å². The Morgan fingerprint density at radius 1 is 1.04 bits per heavy atom. The Hall–Kier alpha value is -1.77. The number of benzene rings is 1. The number of carbonyl (C=O) groups excluding carboxylic acids is 1. The van der Waals surface area contributed by atoms with Crippen LogP contribution >= 0.6 is 0 Å². The summed E-state index contributed by atoms with van der Waals surface area (Å²) in [5.74, 6) is -0.00124. The number of anilines is 1. The highest BCUT2D eigenvalue weighted by molar-refractivity contribution is 5.92. The molecule has 0 bridgehead atoms. The van der Waals surface area contributed by atoms with Crippen LogP contribution in [0.4, 0.5) is 5.69 Å². The van der Waals surface area contributed by atoms with E-state index in [-0.39, 0.29) is 5.91 Å². The number of amides is 1. The fourth-order valence-electron chi connectivity index (χ4n) is 2.86. The molecule has 0 unspecified atom stereocenters. The molecule has 1 N–H and O–H groups in total. The number of carbonyl (C=O) groups is 1. The Kier molecular flexibility index (Phi) is 5.86.